The third-order valence-corrected chi connectivity index (χ3v) is 4.66. The van der Waals surface area contributed by atoms with E-state index in [1.54, 1.807) is 0 Å². The highest BCUT2D eigenvalue weighted by Crippen LogP contribution is 2.15. The fourth-order valence-corrected chi connectivity index (χ4v) is 3.29. The first-order chi connectivity index (χ1) is 10.3. The molecule has 0 unspecified atom stereocenters. The number of hydrogen-bond donors (Lipinski definition) is 1. The predicted molar refractivity (Wildman–Crippen MR) is 91.8 cm³/mol. The number of carbonyl (C=O) groups is 1. The first-order valence-corrected chi connectivity index (χ1v) is 9.28. The van der Waals surface area contributed by atoms with Crippen LogP contribution in [0.1, 0.15) is 63.4 Å². The molecule has 21 heavy (non-hydrogen) atoms. The molecule has 1 aromatic carbocycles. The van der Waals surface area contributed by atoms with Gasteiger partial charge in [0.05, 0.1) is 0 Å². The number of carboxylic acid groups (broad SMARTS) is 1. The fourth-order valence-electron chi connectivity index (χ4n) is 2.31. The Morgan fingerprint density at radius 3 is 2.05 bits per heavy atom. The van der Waals surface area contributed by atoms with Crippen LogP contribution >= 0.6 is 11.8 Å². The second-order valence-electron chi connectivity index (χ2n) is 5.51. The number of thioether (sulfide) groups is 1. The standard InChI is InChI=1S/C18H28O2S/c19-18(20)14-10-5-3-1-2-4-6-11-15-21-16-17-12-8-7-9-13-17/h7-9,12-13H,1-6,10-11,14-16H2,(H,19,20). The van der Waals surface area contributed by atoms with Crippen LogP contribution in [0.4, 0.5) is 0 Å². The van der Waals surface area contributed by atoms with Gasteiger partial charge in [0.15, 0.2) is 0 Å². The van der Waals surface area contributed by atoms with Crippen molar-refractivity contribution in [1.29, 1.82) is 0 Å². The second kappa shape index (κ2) is 12.8. The van der Waals surface area contributed by atoms with Gasteiger partial charge in [-0.2, -0.15) is 11.8 Å². The minimum atomic E-state index is -0.664. The molecular formula is C18H28O2S. The number of benzene rings is 1. The zero-order valence-corrected chi connectivity index (χ0v) is 13.7. The van der Waals surface area contributed by atoms with E-state index in [4.69, 9.17) is 5.11 Å². The normalized spacial score (nSPS) is 10.7. The van der Waals surface area contributed by atoms with Crippen molar-refractivity contribution in [2.45, 2.75) is 63.5 Å². The average molecular weight is 308 g/mol. The summed E-state index contributed by atoms with van der Waals surface area (Å²) in [4.78, 5) is 10.3. The molecule has 0 aliphatic carbocycles. The summed E-state index contributed by atoms with van der Waals surface area (Å²) < 4.78 is 0. The van der Waals surface area contributed by atoms with E-state index in [1.165, 1.54) is 49.8 Å². The maximum atomic E-state index is 10.3. The highest BCUT2D eigenvalue weighted by Gasteiger charge is 1.97. The van der Waals surface area contributed by atoms with Gasteiger partial charge in [0.1, 0.15) is 0 Å². The lowest BCUT2D eigenvalue weighted by Crippen LogP contribution is -1.93. The molecule has 0 aromatic heterocycles. The molecule has 1 N–H and O–H groups in total. The molecule has 0 radical (unpaired) electrons. The molecule has 1 aromatic rings. The topological polar surface area (TPSA) is 37.3 Å². The zero-order valence-electron chi connectivity index (χ0n) is 12.9. The van der Waals surface area contributed by atoms with Crippen LogP contribution in [0.15, 0.2) is 30.3 Å². The Hall–Kier alpha value is -0.960. The maximum absolute atomic E-state index is 10.3. The molecule has 0 spiro atoms. The van der Waals surface area contributed by atoms with Crippen LogP contribution in [-0.2, 0) is 10.5 Å². The largest absolute Gasteiger partial charge is 0.481 e. The molecular weight excluding hydrogens is 280 g/mol. The van der Waals surface area contributed by atoms with E-state index in [0.717, 1.165) is 18.6 Å². The quantitative estimate of drug-likeness (QED) is 0.488. The molecule has 0 aliphatic rings. The molecule has 118 valence electrons. The Balaban J connectivity index is 1.78. The molecule has 0 heterocycles. The first-order valence-electron chi connectivity index (χ1n) is 8.12. The van der Waals surface area contributed by atoms with Gasteiger partial charge in [-0.1, -0.05) is 68.9 Å². The first kappa shape index (κ1) is 18.1. The van der Waals surface area contributed by atoms with Gasteiger partial charge < -0.3 is 5.11 Å². The van der Waals surface area contributed by atoms with Crippen molar-refractivity contribution < 1.29 is 9.90 Å². The number of aliphatic carboxylic acids is 1. The average Bonchev–Trinajstić information content (AvgIpc) is 2.49. The Bertz CT molecular complexity index is 365. The van der Waals surface area contributed by atoms with E-state index in [9.17, 15) is 4.79 Å². The Kier molecular flexibility index (Phi) is 11.0. The molecule has 0 bridgehead atoms. The summed E-state index contributed by atoms with van der Waals surface area (Å²) in [6.07, 6.45) is 9.96. The lowest BCUT2D eigenvalue weighted by molar-refractivity contribution is -0.137. The highest BCUT2D eigenvalue weighted by atomic mass is 32.2. The Morgan fingerprint density at radius 2 is 1.43 bits per heavy atom. The van der Waals surface area contributed by atoms with Gasteiger partial charge >= 0.3 is 5.97 Å². The molecule has 0 saturated carbocycles. The van der Waals surface area contributed by atoms with Gasteiger partial charge in [0.2, 0.25) is 0 Å². The lowest BCUT2D eigenvalue weighted by Gasteiger charge is -2.03. The van der Waals surface area contributed by atoms with Gasteiger partial charge in [-0.15, -0.1) is 0 Å². The lowest BCUT2D eigenvalue weighted by atomic mass is 10.1. The third kappa shape index (κ3) is 11.4. The fraction of sp³-hybridized carbons (Fsp3) is 0.611. The molecule has 1 rings (SSSR count). The summed E-state index contributed by atoms with van der Waals surface area (Å²) in [6.45, 7) is 0. The predicted octanol–water partition coefficient (Wildman–Crippen LogP) is 5.52. The van der Waals surface area contributed by atoms with Crippen LogP contribution in [0.2, 0.25) is 0 Å². The molecule has 0 amide bonds. The van der Waals surface area contributed by atoms with E-state index >= 15 is 0 Å². The van der Waals surface area contributed by atoms with Gasteiger partial charge in [0.25, 0.3) is 0 Å². The van der Waals surface area contributed by atoms with Crippen molar-refractivity contribution in [3.05, 3.63) is 35.9 Å². The van der Waals surface area contributed by atoms with Crippen LogP contribution in [-0.4, -0.2) is 16.8 Å². The van der Waals surface area contributed by atoms with Crippen molar-refractivity contribution in [3.8, 4) is 0 Å². The molecule has 0 atom stereocenters. The summed E-state index contributed by atoms with van der Waals surface area (Å²) in [7, 11) is 0. The van der Waals surface area contributed by atoms with Crippen LogP contribution < -0.4 is 0 Å². The summed E-state index contributed by atoms with van der Waals surface area (Å²) in [5, 5.41) is 8.53. The molecule has 0 fully saturated rings. The molecule has 0 saturated heterocycles. The van der Waals surface area contributed by atoms with E-state index in [-0.39, 0.29) is 0 Å². The van der Waals surface area contributed by atoms with Crippen LogP contribution in [0.5, 0.6) is 0 Å². The number of rotatable bonds is 13. The SMILES string of the molecule is O=C(O)CCCCCCCCCCSCc1ccccc1. The van der Waals surface area contributed by atoms with Crippen molar-refractivity contribution in [2.24, 2.45) is 0 Å². The Morgan fingerprint density at radius 1 is 0.857 bits per heavy atom. The second-order valence-corrected chi connectivity index (χ2v) is 6.62. The molecule has 0 aliphatic heterocycles. The monoisotopic (exact) mass is 308 g/mol. The zero-order chi connectivity index (χ0) is 15.2. The number of carboxylic acids is 1. The van der Waals surface area contributed by atoms with Crippen LogP contribution in [0.25, 0.3) is 0 Å². The molecule has 2 nitrogen and oxygen atoms in total. The van der Waals surface area contributed by atoms with Gasteiger partial charge in [-0.3, -0.25) is 4.79 Å². The van der Waals surface area contributed by atoms with Crippen molar-refractivity contribution >= 4 is 17.7 Å². The van der Waals surface area contributed by atoms with Crippen LogP contribution in [0.3, 0.4) is 0 Å². The Labute approximate surface area is 133 Å². The van der Waals surface area contributed by atoms with Gasteiger partial charge in [-0.05, 0) is 24.2 Å². The van der Waals surface area contributed by atoms with Crippen molar-refractivity contribution in [3.63, 3.8) is 0 Å². The van der Waals surface area contributed by atoms with Crippen LogP contribution in [0, 0.1) is 0 Å². The van der Waals surface area contributed by atoms with E-state index in [2.05, 4.69) is 30.3 Å². The smallest absolute Gasteiger partial charge is 0.303 e. The van der Waals surface area contributed by atoms with E-state index in [0.29, 0.717) is 6.42 Å². The van der Waals surface area contributed by atoms with E-state index < -0.39 is 5.97 Å². The third-order valence-electron chi connectivity index (χ3n) is 3.54. The molecule has 3 heteroatoms. The van der Waals surface area contributed by atoms with Crippen molar-refractivity contribution in [2.75, 3.05) is 5.75 Å². The highest BCUT2D eigenvalue weighted by molar-refractivity contribution is 7.98. The minimum Gasteiger partial charge on any atom is -0.481 e. The van der Waals surface area contributed by atoms with Crippen molar-refractivity contribution in [1.82, 2.24) is 0 Å². The summed E-state index contributed by atoms with van der Waals surface area (Å²) in [5.74, 6) is 1.72. The number of unbranched alkanes of at least 4 members (excludes halogenated alkanes) is 7. The van der Waals surface area contributed by atoms with Gasteiger partial charge in [-0.25, -0.2) is 0 Å². The maximum Gasteiger partial charge on any atom is 0.303 e. The van der Waals surface area contributed by atoms with E-state index in [1.807, 2.05) is 11.8 Å². The summed E-state index contributed by atoms with van der Waals surface area (Å²) in [5.41, 5.74) is 1.42. The summed E-state index contributed by atoms with van der Waals surface area (Å²) in [6, 6.07) is 10.7. The number of hydrogen-bond acceptors (Lipinski definition) is 2. The summed E-state index contributed by atoms with van der Waals surface area (Å²) >= 11 is 2.03. The minimum absolute atomic E-state index is 0.332. The van der Waals surface area contributed by atoms with Gasteiger partial charge in [0, 0.05) is 12.2 Å².